The maximum absolute atomic E-state index is 12.7. The topological polar surface area (TPSA) is 78.9 Å². The molecule has 2 atom stereocenters. The Balaban J connectivity index is 4.26. The van der Waals surface area contributed by atoms with E-state index in [1.54, 1.807) is 0 Å². The highest BCUT2D eigenvalue weighted by atomic mass is 16.6. The van der Waals surface area contributed by atoms with E-state index in [-0.39, 0.29) is 31.1 Å². The highest BCUT2D eigenvalue weighted by Crippen LogP contribution is 2.17. The summed E-state index contributed by atoms with van der Waals surface area (Å²) in [6, 6.07) is 0. The van der Waals surface area contributed by atoms with E-state index in [0.717, 1.165) is 63.7 Å². The second kappa shape index (κ2) is 41.6. The first-order valence-corrected chi connectivity index (χ1v) is 23.4. The molecule has 0 aliphatic heterocycles. The summed E-state index contributed by atoms with van der Waals surface area (Å²) >= 11 is 0. The van der Waals surface area contributed by atoms with Crippen LogP contribution >= 0.6 is 0 Å². The number of hydrogen-bond donors (Lipinski definition) is 0. The molecule has 1 unspecified atom stereocenters. The molecule has 0 amide bonds. The number of rotatable bonds is 42. The fourth-order valence-electron chi connectivity index (χ4n) is 6.95. The first-order valence-electron chi connectivity index (χ1n) is 23.4. The van der Waals surface area contributed by atoms with Gasteiger partial charge in [0.1, 0.15) is 13.2 Å². The normalized spacial score (nSPS) is 12.5. The van der Waals surface area contributed by atoms with Gasteiger partial charge in [0, 0.05) is 19.3 Å². The van der Waals surface area contributed by atoms with E-state index in [0.29, 0.717) is 19.3 Å². The lowest BCUT2D eigenvalue weighted by atomic mass is 9.99. The van der Waals surface area contributed by atoms with Crippen LogP contribution in [0.5, 0.6) is 0 Å². The molecule has 0 rings (SSSR count). The Bertz CT molecular complexity index is 798. The van der Waals surface area contributed by atoms with Crippen LogP contribution < -0.4 is 0 Å². The van der Waals surface area contributed by atoms with E-state index >= 15 is 0 Å². The number of carbonyl (C=O) groups excluding carboxylic acids is 3. The van der Waals surface area contributed by atoms with Crippen LogP contribution in [0, 0.1) is 5.92 Å². The Morgan fingerprint density at radius 2 is 0.660 bits per heavy atom. The van der Waals surface area contributed by atoms with Crippen molar-refractivity contribution in [2.75, 3.05) is 13.2 Å². The molecule has 0 aliphatic rings. The Labute approximate surface area is 329 Å². The third kappa shape index (κ3) is 39.9. The summed E-state index contributed by atoms with van der Waals surface area (Å²) in [6.07, 6.45) is 40.9. The molecular weight excluding hydrogens is 661 g/mol. The van der Waals surface area contributed by atoms with Crippen molar-refractivity contribution in [3.63, 3.8) is 0 Å². The van der Waals surface area contributed by atoms with Crippen molar-refractivity contribution in [1.82, 2.24) is 0 Å². The molecule has 0 heterocycles. The van der Waals surface area contributed by atoms with E-state index in [1.165, 1.54) is 154 Å². The van der Waals surface area contributed by atoms with Crippen molar-refractivity contribution >= 4 is 17.9 Å². The van der Waals surface area contributed by atoms with E-state index in [4.69, 9.17) is 14.2 Å². The van der Waals surface area contributed by atoms with Crippen LogP contribution in [0.15, 0.2) is 0 Å². The van der Waals surface area contributed by atoms with Crippen LogP contribution in [-0.2, 0) is 28.6 Å². The molecule has 0 aromatic heterocycles. The van der Waals surface area contributed by atoms with Gasteiger partial charge in [0.2, 0.25) is 0 Å². The van der Waals surface area contributed by atoms with Gasteiger partial charge in [-0.15, -0.1) is 0 Å². The summed E-state index contributed by atoms with van der Waals surface area (Å²) in [5, 5.41) is 0. The Morgan fingerprint density at radius 3 is 0.981 bits per heavy atom. The minimum atomic E-state index is -0.758. The van der Waals surface area contributed by atoms with E-state index in [2.05, 4.69) is 27.7 Å². The third-order valence-corrected chi connectivity index (χ3v) is 10.9. The molecular formula is C47H90O6. The van der Waals surface area contributed by atoms with Gasteiger partial charge >= 0.3 is 17.9 Å². The summed E-state index contributed by atoms with van der Waals surface area (Å²) in [6.45, 7) is 8.99. The van der Waals surface area contributed by atoms with Crippen LogP contribution in [0.2, 0.25) is 0 Å². The maximum Gasteiger partial charge on any atom is 0.306 e. The second-order valence-electron chi connectivity index (χ2n) is 16.3. The highest BCUT2D eigenvalue weighted by molar-refractivity contribution is 5.71. The van der Waals surface area contributed by atoms with E-state index in [1.807, 2.05) is 0 Å². The lowest BCUT2D eigenvalue weighted by Gasteiger charge is -2.18. The van der Waals surface area contributed by atoms with Crippen LogP contribution in [0.3, 0.4) is 0 Å². The number of ether oxygens (including phenoxy) is 3. The van der Waals surface area contributed by atoms with Gasteiger partial charge in [0.15, 0.2) is 6.10 Å². The summed E-state index contributed by atoms with van der Waals surface area (Å²) in [4.78, 5) is 37.6. The van der Waals surface area contributed by atoms with Crippen LogP contribution in [0.1, 0.15) is 259 Å². The van der Waals surface area contributed by atoms with Crippen LogP contribution in [0.4, 0.5) is 0 Å². The number of esters is 3. The molecule has 0 aromatic carbocycles. The van der Waals surface area contributed by atoms with Crippen molar-refractivity contribution in [2.45, 2.75) is 265 Å². The minimum Gasteiger partial charge on any atom is -0.462 e. The zero-order valence-corrected chi connectivity index (χ0v) is 36.0. The molecule has 314 valence electrons. The lowest BCUT2D eigenvalue weighted by molar-refractivity contribution is -0.167. The summed E-state index contributed by atoms with van der Waals surface area (Å²) in [5.41, 5.74) is 0. The van der Waals surface area contributed by atoms with E-state index in [9.17, 15) is 14.4 Å². The second-order valence-corrected chi connectivity index (χ2v) is 16.3. The van der Waals surface area contributed by atoms with Crippen molar-refractivity contribution in [3.05, 3.63) is 0 Å². The Kier molecular flexibility index (Phi) is 40.3. The SMILES string of the molecule is CCCCCCCCCCCCCCCCC(=O)O[C@@H](COC(=O)CCCCCCCCC)COC(=O)CCCCCCCCCCCCC(C)CC. The van der Waals surface area contributed by atoms with Gasteiger partial charge in [-0.05, 0) is 25.2 Å². The molecule has 6 nitrogen and oxygen atoms in total. The molecule has 53 heavy (non-hydrogen) atoms. The van der Waals surface area contributed by atoms with Gasteiger partial charge in [0.25, 0.3) is 0 Å². The quantitative estimate of drug-likeness (QED) is 0.0351. The molecule has 0 aromatic rings. The molecule has 0 saturated carbocycles. The van der Waals surface area contributed by atoms with Gasteiger partial charge in [-0.3, -0.25) is 14.4 Å². The summed E-state index contributed by atoms with van der Waals surface area (Å²) < 4.78 is 16.7. The first kappa shape index (κ1) is 51.4. The van der Waals surface area contributed by atoms with Gasteiger partial charge in [-0.2, -0.15) is 0 Å². The summed E-state index contributed by atoms with van der Waals surface area (Å²) in [5.74, 6) is 0.0115. The Hall–Kier alpha value is -1.59. The predicted octanol–water partition coefficient (Wildman–Crippen LogP) is 14.7. The van der Waals surface area contributed by atoms with Gasteiger partial charge in [-0.1, -0.05) is 220 Å². The molecule has 0 spiro atoms. The largest absolute Gasteiger partial charge is 0.462 e. The molecule has 0 aliphatic carbocycles. The van der Waals surface area contributed by atoms with Crippen molar-refractivity contribution < 1.29 is 28.6 Å². The van der Waals surface area contributed by atoms with Gasteiger partial charge in [0.05, 0.1) is 0 Å². The van der Waals surface area contributed by atoms with Gasteiger partial charge in [-0.25, -0.2) is 0 Å². The van der Waals surface area contributed by atoms with E-state index < -0.39 is 6.10 Å². The van der Waals surface area contributed by atoms with Crippen molar-refractivity contribution in [2.24, 2.45) is 5.92 Å². The summed E-state index contributed by atoms with van der Waals surface area (Å²) in [7, 11) is 0. The molecule has 0 bridgehead atoms. The molecule has 6 heteroatoms. The average Bonchev–Trinajstić information content (AvgIpc) is 3.15. The Morgan fingerprint density at radius 1 is 0.377 bits per heavy atom. The van der Waals surface area contributed by atoms with Gasteiger partial charge < -0.3 is 14.2 Å². The highest BCUT2D eigenvalue weighted by Gasteiger charge is 2.19. The zero-order valence-electron chi connectivity index (χ0n) is 36.0. The standard InChI is InChI=1S/C47H90O6/c1-5-8-10-12-14-15-16-17-18-19-24-28-32-36-40-47(50)53-44(41-51-45(48)38-34-30-25-13-11-9-6-2)42-52-46(49)39-35-31-27-23-21-20-22-26-29-33-37-43(4)7-3/h43-44H,5-42H2,1-4H3/t43?,44-/m0/s1. The maximum atomic E-state index is 12.7. The van der Waals surface area contributed by atoms with Crippen LogP contribution in [0.25, 0.3) is 0 Å². The third-order valence-electron chi connectivity index (χ3n) is 10.9. The number of hydrogen-bond acceptors (Lipinski definition) is 6. The molecule has 0 N–H and O–H groups in total. The first-order chi connectivity index (χ1) is 25.9. The molecule has 0 saturated heterocycles. The van der Waals surface area contributed by atoms with Crippen molar-refractivity contribution in [1.29, 1.82) is 0 Å². The zero-order chi connectivity index (χ0) is 38.9. The smallest absolute Gasteiger partial charge is 0.306 e. The number of carbonyl (C=O) groups is 3. The fraction of sp³-hybridized carbons (Fsp3) is 0.936. The van der Waals surface area contributed by atoms with Crippen molar-refractivity contribution in [3.8, 4) is 0 Å². The fourth-order valence-corrected chi connectivity index (χ4v) is 6.95. The molecule has 0 fully saturated rings. The lowest BCUT2D eigenvalue weighted by Crippen LogP contribution is -2.30. The monoisotopic (exact) mass is 751 g/mol. The van der Waals surface area contributed by atoms with Crippen LogP contribution in [-0.4, -0.2) is 37.2 Å². The average molecular weight is 751 g/mol. The minimum absolute atomic E-state index is 0.0641. The number of unbranched alkanes of at least 4 members (excludes halogenated alkanes) is 28. The molecule has 0 radical (unpaired) electrons. The predicted molar refractivity (Wildman–Crippen MR) is 224 cm³/mol.